The van der Waals surface area contributed by atoms with Crippen LogP contribution in [0.15, 0.2) is 57.8 Å². The van der Waals surface area contributed by atoms with E-state index in [1.807, 2.05) is 6.92 Å². The molecule has 2 N–H and O–H groups in total. The van der Waals surface area contributed by atoms with Gasteiger partial charge in [-0.3, -0.25) is 9.59 Å². The van der Waals surface area contributed by atoms with Crippen molar-refractivity contribution >= 4 is 39.1 Å². The van der Waals surface area contributed by atoms with E-state index in [9.17, 15) is 18.0 Å². The third-order valence-electron chi connectivity index (χ3n) is 4.28. The van der Waals surface area contributed by atoms with E-state index in [0.29, 0.717) is 30.2 Å². The van der Waals surface area contributed by atoms with Crippen LogP contribution in [0.5, 0.6) is 5.75 Å². The van der Waals surface area contributed by atoms with Crippen molar-refractivity contribution in [3.05, 3.63) is 48.5 Å². The summed E-state index contributed by atoms with van der Waals surface area (Å²) in [6.45, 7) is 2.02. The summed E-state index contributed by atoms with van der Waals surface area (Å²) in [6, 6.07) is 13.3. The molecule has 0 saturated carbocycles. The first kappa shape index (κ1) is 22.3. The van der Waals surface area contributed by atoms with E-state index in [4.69, 9.17) is 9.47 Å². The molecule has 0 spiro atoms. The molecule has 1 aliphatic heterocycles. The van der Waals surface area contributed by atoms with Gasteiger partial charge in [0.25, 0.3) is 15.9 Å². The van der Waals surface area contributed by atoms with E-state index >= 15 is 0 Å². The average molecular weight is 445 g/mol. The van der Waals surface area contributed by atoms with Crippen LogP contribution in [0, 0.1) is 0 Å². The molecule has 31 heavy (non-hydrogen) atoms. The lowest BCUT2D eigenvalue weighted by Crippen LogP contribution is -2.22. The van der Waals surface area contributed by atoms with Crippen LogP contribution in [0.1, 0.15) is 26.2 Å². The molecule has 2 aromatic rings. The molecule has 1 aliphatic rings. The Morgan fingerprint density at radius 3 is 2.58 bits per heavy atom. The highest BCUT2D eigenvalue weighted by Gasteiger charge is 2.24. The highest BCUT2D eigenvalue weighted by molar-refractivity contribution is 7.90. The van der Waals surface area contributed by atoms with Gasteiger partial charge in [0.15, 0.2) is 6.61 Å². The minimum absolute atomic E-state index is 0.0265. The van der Waals surface area contributed by atoms with Crippen LogP contribution in [0.3, 0.4) is 0 Å². The molecule has 2 aromatic carbocycles. The summed E-state index contributed by atoms with van der Waals surface area (Å²) in [5, 5.41) is 5.59. The fourth-order valence-corrected chi connectivity index (χ4v) is 4.07. The number of esters is 1. The Hall–Kier alpha value is -3.40. The molecule has 3 rings (SSSR count). The number of carbonyl (C=O) groups excluding carboxylic acids is 2. The Balaban J connectivity index is 1.40. The quantitative estimate of drug-likeness (QED) is 0.569. The molecular weight excluding hydrogens is 422 g/mol. The monoisotopic (exact) mass is 445 g/mol. The van der Waals surface area contributed by atoms with Gasteiger partial charge < -0.3 is 20.1 Å². The predicted octanol–water partition coefficient (Wildman–Crippen LogP) is 2.95. The van der Waals surface area contributed by atoms with Crippen molar-refractivity contribution in [1.29, 1.82) is 0 Å². The number of hydrogen-bond acceptors (Lipinski definition) is 7. The van der Waals surface area contributed by atoms with Gasteiger partial charge in [0.1, 0.15) is 16.5 Å². The zero-order chi connectivity index (χ0) is 22.3. The standard InChI is InChI=1S/C21H23N3O6S/c1-2-29-16-12-10-15(11-13-16)22-20(25)14-30-21(26)9-5-8-19-23-17-6-3-4-7-18(17)31(27,28)24-19/h3-4,6-7,10-13H,2,5,8-9,14H2,1H3,(H,22,25)(H,23,24). The Labute approximate surface area is 180 Å². The molecule has 0 aromatic heterocycles. The third kappa shape index (κ3) is 6.29. The number of amidine groups is 1. The first-order valence-corrected chi connectivity index (χ1v) is 11.2. The summed E-state index contributed by atoms with van der Waals surface area (Å²) in [7, 11) is -3.75. The second-order valence-corrected chi connectivity index (χ2v) is 8.23. The van der Waals surface area contributed by atoms with Crippen LogP contribution in [-0.2, 0) is 24.3 Å². The van der Waals surface area contributed by atoms with E-state index in [2.05, 4.69) is 15.0 Å². The number of benzene rings is 2. The van der Waals surface area contributed by atoms with Crippen molar-refractivity contribution in [3.63, 3.8) is 0 Å². The number of anilines is 2. The lowest BCUT2D eigenvalue weighted by molar-refractivity contribution is -0.147. The van der Waals surface area contributed by atoms with Crippen molar-refractivity contribution in [2.24, 2.45) is 4.40 Å². The van der Waals surface area contributed by atoms with Gasteiger partial charge in [0.05, 0.1) is 12.3 Å². The maximum atomic E-state index is 12.2. The van der Waals surface area contributed by atoms with Crippen LogP contribution >= 0.6 is 0 Å². The largest absolute Gasteiger partial charge is 0.494 e. The highest BCUT2D eigenvalue weighted by Crippen LogP contribution is 2.27. The summed E-state index contributed by atoms with van der Waals surface area (Å²) in [4.78, 5) is 23.9. The molecular formula is C21H23N3O6S. The number of carbonyl (C=O) groups is 2. The maximum absolute atomic E-state index is 12.2. The van der Waals surface area contributed by atoms with E-state index < -0.39 is 28.5 Å². The number of nitrogens with zero attached hydrogens (tertiary/aromatic N) is 1. The van der Waals surface area contributed by atoms with Crippen LogP contribution in [0.2, 0.25) is 0 Å². The smallest absolute Gasteiger partial charge is 0.306 e. The molecule has 0 saturated heterocycles. The molecule has 0 atom stereocenters. The normalized spacial score (nSPS) is 13.9. The van der Waals surface area contributed by atoms with Gasteiger partial charge in [-0.05, 0) is 49.7 Å². The second kappa shape index (κ2) is 10.1. The SMILES string of the molecule is CCOc1ccc(NC(=O)COC(=O)CCCC2=NS(=O)(=O)c3ccccc3N2)cc1. The van der Waals surface area contributed by atoms with Crippen molar-refractivity contribution in [2.45, 2.75) is 31.1 Å². The zero-order valence-corrected chi connectivity index (χ0v) is 17.8. The fourth-order valence-electron chi connectivity index (χ4n) is 2.89. The van der Waals surface area contributed by atoms with Gasteiger partial charge in [0.2, 0.25) is 0 Å². The van der Waals surface area contributed by atoms with Crippen molar-refractivity contribution < 1.29 is 27.5 Å². The molecule has 0 fully saturated rings. The summed E-state index contributed by atoms with van der Waals surface area (Å²) in [5.74, 6) is -0.0555. The van der Waals surface area contributed by atoms with Gasteiger partial charge in [-0.2, -0.15) is 8.42 Å². The topological polar surface area (TPSA) is 123 Å². The molecule has 1 amide bonds. The first-order chi connectivity index (χ1) is 14.9. The number of ether oxygens (including phenoxy) is 2. The third-order valence-corrected chi connectivity index (χ3v) is 5.65. The second-order valence-electron chi connectivity index (χ2n) is 6.65. The number of para-hydroxylation sites is 1. The molecule has 0 unspecified atom stereocenters. The van der Waals surface area contributed by atoms with Crippen molar-refractivity contribution in [3.8, 4) is 5.75 Å². The van der Waals surface area contributed by atoms with Crippen molar-refractivity contribution in [2.75, 3.05) is 23.8 Å². The van der Waals surface area contributed by atoms with E-state index in [0.717, 1.165) is 0 Å². The van der Waals surface area contributed by atoms with Crippen LogP contribution in [0.25, 0.3) is 0 Å². The Bertz CT molecular complexity index is 1080. The average Bonchev–Trinajstić information content (AvgIpc) is 2.73. The van der Waals surface area contributed by atoms with Gasteiger partial charge in [-0.15, -0.1) is 4.40 Å². The number of fused-ring (bicyclic) bond motifs is 1. The highest BCUT2D eigenvalue weighted by atomic mass is 32.2. The summed E-state index contributed by atoms with van der Waals surface area (Å²) in [6.07, 6.45) is 0.600. The van der Waals surface area contributed by atoms with Crippen LogP contribution in [-0.4, -0.2) is 39.3 Å². The summed E-state index contributed by atoms with van der Waals surface area (Å²) in [5.41, 5.74) is 1.02. The van der Waals surface area contributed by atoms with Gasteiger partial charge in [-0.25, -0.2) is 0 Å². The van der Waals surface area contributed by atoms with E-state index in [-0.39, 0.29) is 23.6 Å². The number of sulfonamides is 1. The summed E-state index contributed by atoms with van der Waals surface area (Å²) >= 11 is 0. The Kier molecular flexibility index (Phi) is 7.24. The van der Waals surface area contributed by atoms with E-state index in [1.54, 1.807) is 42.5 Å². The van der Waals surface area contributed by atoms with Gasteiger partial charge >= 0.3 is 5.97 Å². The van der Waals surface area contributed by atoms with Crippen LogP contribution in [0.4, 0.5) is 11.4 Å². The Morgan fingerprint density at radius 1 is 1.10 bits per heavy atom. The number of rotatable bonds is 9. The summed E-state index contributed by atoms with van der Waals surface area (Å²) < 4.78 is 38.4. The maximum Gasteiger partial charge on any atom is 0.306 e. The number of amides is 1. The van der Waals surface area contributed by atoms with E-state index in [1.165, 1.54) is 6.07 Å². The van der Waals surface area contributed by atoms with Crippen molar-refractivity contribution in [1.82, 2.24) is 0 Å². The number of hydrogen-bond donors (Lipinski definition) is 2. The molecule has 0 aliphatic carbocycles. The molecule has 9 nitrogen and oxygen atoms in total. The number of nitrogens with one attached hydrogen (secondary N) is 2. The lowest BCUT2D eigenvalue weighted by Gasteiger charge is -2.17. The molecule has 0 radical (unpaired) electrons. The molecule has 164 valence electrons. The van der Waals surface area contributed by atoms with Crippen LogP contribution < -0.4 is 15.4 Å². The molecule has 1 heterocycles. The van der Waals surface area contributed by atoms with Gasteiger partial charge in [0, 0.05) is 18.5 Å². The zero-order valence-electron chi connectivity index (χ0n) is 17.0. The molecule has 0 bridgehead atoms. The fraction of sp³-hybridized carbons (Fsp3) is 0.286. The minimum Gasteiger partial charge on any atom is -0.494 e. The molecule has 10 heteroatoms. The van der Waals surface area contributed by atoms with Gasteiger partial charge in [-0.1, -0.05) is 12.1 Å². The lowest BCUT2D eigenvalue weighted by atomic mass is 10.2. The Morgan fingerprint density at radius 2 is 1.84 bits per heavy atom. The predicted molar refractivity (Wildman–Crippen MR) is 116 cm³/mol. The first-order valence-electron chi connectivity index (χ1n) is 9.75. The minimum atomic E-state index is -3.75.